The molecule has 4 heteroatoms. The minimum absolute atomic E-state index is 0.511. The number of hydrogen-bond donors (Lipinski definition) is 1. The van der Waals surface area contributed by atoms with E-state index in [0.29, 0.717) is 6.04 Å². The molecule has 0 amide bonds. The highest BCUT2D eigenvalue weighted by atomic mass is 15.2. The van der Waals surface area contributed by atoms with Gasteiger partial charge in [-0.2, -0.15) is 4.98 Å². The molecule has 0 unspecified atom stereocenters. The van der Waals surface area contributed by atoms with Crippen LogP contribution in [-0.2, 0) is 0 Å². The third kappa shape index (κ3) is 3.09. The fourth-order valence-electron chi connectivity index (χ4n) is 3.05. The molecule has 1 aromatic carbocycles. The molecule has 0 radical (unpaired) electrons. The molecule has 3 rings (SSSR count). The standard InChI is InChI=1S/C17H24N4/c1-12-8-10-13(11-9-12)18-17-19-15-7-5-4-6-14(15)16(20-17)21(2)3/h4-7,12-13H,8-11H2,1-3H3,(H,18,19,20). The zero-order chi connectivity index (χ0) is 14.8. The Kier molecular flexibility index (Phi) is 3.95. The topological polar surface area (TPSA) is 41.1 Å². The van der Waals surface area contributed by atoms with E-state index in [1.165, 1.54) is 25.7 Å². The molecular formula is C17H24N4. The zero-order valence-electron chi connectivity index (χ0n) is 13.1. The summed E-state index contributed by atoms with van der Waals surface area (Å²) in [6, 6.07) is 8.71. The van der Waals surface area contributed by atoms with Crippen molar-refractivity contribution in [2.75, 3.05) is 24.3 Å². The second-order valence-corrected chi connectivity index (χ2v) is 6.38. The lowest BCUT2D eigenvalue weighted by Gasteiger charge is -2.27. The van der Waals surface area contributed by atoms with Crippen molar-refractivity contribution in [2.24, 2.45) is 5.92 Å². The summed E-state index contributed by atoms with van der Waals surface area (Å²) in [4.78, 5) is 11.5. The van der Waals surface area contributed by atoms with Gasteiger partial charge in [0.1, 0.15) is 5.82 Å². The largest absolute Gasteiger partial charge is 0.362 e. The molecular weight excluding hydrogens is 260 g/mol. The SMILES string of the molecule is CC1CCC(Nc2nc(N(C)C)c3ccccc3n2)CC1. The van der Waals surface area contributed by atoms with Gasteiger partial charge in [-0.05, 0) is 43.7 Å². The van der Waals surface area contributed by atoms with E-state index in [4.69, 9.17) is 4.98 Å². The van der Waals surface area contributed by atoms with Gasteiger partial charge < -0.3 is 10.2 Å². The van der Waals surface area contributed by atoms with Crippen LogP contribution in [0.3, 0.4) is 0 Å². The van der Waals surface area contributed by atoms with Gasteiger partial charge >= 0.3 is 0 Å². The number of hydrogen-bond acceptors (Lipinski definition) is 4. The van der Waals surface area contributed by atoms with E-state index in [1.807, 2.05) is 26.2 Å². The van der Waals surface area contributed by atoms with Crippen molar-refractivity contribution in [3.05, 3.63) is 24.3 Å². The molecule has 0 spiro atoms. The molecule has 21 heavy (non-hydrogen) atoms. The summed E-state index contributed by atoms with van der Waals surface area (Å²) in [5.41, 5.74) is 1.00. The lowest BCUT2D eigenvalue weighted by atomic mass is 9.87. The minimum Gasteiger partial charge on any atom is -0.362 e. The molecule has 1 aliphatic carbocycles. The summed E-state index contributed by atoms with van der Waals surface area (Å²) in [6.07, 6.45) is 5.03. The third-order valence-corrected chi connectivity index (χ3v) is 4.36. The van der Waals surface area contributed by atoms with Crippen LogP contribution in [0.25, 0.3) is 10.9 Å². The van der Waals surface area contributed by atoms with Gasteiger partial charge in [0.15, 0.2) is 0 Å². The first-order chi connectivity index (χ1) is 10.1. The minimum atomic E-state index is 0.511. The molecule has 1 aromatic heterocycles. The summed E-state index contributed by atoms with van der Waals surface area (Å²) in [5.74, 6) is 2.60. The molecule has 0 atom stereocenters. The molecule has 0 aliphatic heterocycles. The first kappa shape index (κ1) is 14.1. The molecule has 1 aliphatic rings. The van der Waals surface area contributed by atoms with E-state index in [-0.39, 0.29) is 0 Å². The van der Waals surface area contributed by atoms with Crippen LogP contribution in [0.5, 0.6) is 0 Å². The Morgan fingerprint density at radius 1 is 1.05 bits per heavy atom. The highest BCUT2D eigenvalue weighted by molar-refractivity contribution is 5.90. The van der Waals surface area contributed by atoms with Crippen molar-refractivity contribution in [2.45, 2.75) is 38.6 Å². The van der Waals surface area contributed by atoms with Gasteiger partial charge in [-0.1, -0.05) is 19.1 Å². The Hall–Kier alpha value is -1.84. The average Bonchev–Trinajstić information content (AvgIpc) is 2.48. The van der Waals surface area contributed by atoms with Crippen molar-refractivity contribution in [3.8, 4) is 0 Å². The molecule has 0 saturated heterocycles. The molecule has 1 heterocycles. The van der Waals surface area contributed by atoms with Crippen molar-refractivity contribution in [3.63, 3.8) is 0 Å². The third-order valence-electron chi connectivity index (χ3n) is 4.36. The normalized spacial score (nSPS) is 22.2. The smallest absolute Gasteiger partial charge is 0.225 e. The van der Waals surface area contributed by atoms with Gasteiger partial charge in [0.25, 0.3) is 0 Å². The quantitative estimate of drug-likeness (QED) is 0.933. The van der Waals surface area contributed by atoms with Gasteiger partial charge in [-0.3, -0.25) is 0 Å². The van der Waals surface area contributed by atoms with E-state index in [2.05, 4.69) is 34.3 Å². The summed E-state index contributed by atoms with van der Waals surface area (Å²) < 4.78 is 0. The number of para-hydroxylation sites is 1. The van der Waals surface area contributed by atoms with Crippen molar-refractivity contribution < 1.29 is 0 Å². The van der Waals surface area contributed by atoms with E-state index >= 15 is 0 Å². The average molecular weight is 284 g/mol. The van der Waals surface area contributed by atoms with E-state index < -0.39 is 0 Å². The predicted octanol–water partition coefficient (Wildman–Crippen LogP) is 3.69. The molecule has 0 bridgehead atoms. The van der Waals surface area contributed by atoms with Crippen molar-refractivity contribution in [1.29, 1.82) is 0 Å². The van der Waals surface area contributed by atoms with Crippen molar-refractivity contribution in [1.82, 2.24) is 9.97 Å². The Bertz CT molecular complexity index is 615. The van der Waals surface area contributed by atoms with E-state index in [9.17, 15) is 0 Å². The Morgan fingerprint density at radius 2 is 1.76 bits per heavy atom. The summed E-state index contributed by atoms with van der Waals surface area (Å²) in [6.45, 7) is 2.34. The Morgan fingerprint density at radius 3 is 2.48 bits per heavy atom. The lowest BCUT2D eigenvalue weighted by molar-refractivity contribution is 0.360. The van der Waals surface area contributed by atoms with Crippen LogP contribution in [0, 0.1) is 5.92 Å². The van der Waals surface area contributed by atoms with E-state index in [1.54, 1.807) is 0 Å². The second-order valence-electron chi connectivity index (χ2n) is 6.38. The lowest BCUT2D eigenvalue weighted by Crippen LogP contribution is -2.26. The maximum absolute atomic E-state index is 4.72. The van der Waals surface area contributed by atoms with Crippen LogP contribution in [0.15, 0.2) is 24.3 Å². The molecule has 2 aromatic rings. The molecule has 112 valence electrons. The highest BCUT2D eigenvalue weighted by Crippen LogP contribution is 2.27. The van der Waals surface area contributed by atoms with Gasteiger partial charge in [0.05, 0.1) is 5.52 Å². The first-order valence-corrected chi connectivity index (χ1v) is 7.84. The van der Waals surface area contributed by atoms with Gasteiger partial charge in [0.2, 0.25) is 5.95 Å². The monoisotopic (exact) mass is 284 g/mol. The predicted molar refractivity (Wildman–Crippen MR) is 88.9 cm³/mol. The van der Waals surface area contributed by atoms with Crippen LogP contribution in [0.2, 0.25) is 0 Å². The fraction of sp³-hybridized carbons (Fsp3) is 0.529. The maximum Gasteiger partial charge on any atom is 0.225 e. The van der Waals surface area contributed by atoms with Crippen LogP contribution >= 0.6 is 0 Å². The van der Waals surface area contributed by atoms with Gasteiger partial charge in [0, 0.05) is 25.5 Å². The number of nitrogens with zero attached hydrogens (tertiary/aromatic N) is 3. The summed E-state index contributed by atoms with van der Waals surface area (Å²) >= 11 is 0. The van der Waals surface area contributed by atoms with Crippen molar-refractivity contribution >= 4 is 22.7 Å². The zero-order valence-corrected chi connectivity index (χ0v) is 13.1. The Labute approximate surface area is 126 Å². The molecule has 1 saturated carbocycles. The number of nitrogens with one attached hydrogen (secondary N) is 1. The molecule has 1 N–H and O–H groups in total. The molecule has 1 fully saturated rings. The van der Waals surface area contributed by atoms with Crippen LogP contribution in [-0.4, -0.2) is 30.1 Å². The number of fused-ring (bicyclic) bond motifs is 1. The molecule has 4 nitrogen and oxygen atoms in total. The Balaban J connectivity index is 1.88. The van der Waals surface area contributed by atoms with Gasteiger partial charge in [-0.15, -0.1) is 0 Å². The van der Waals surface area contributed by atoms with Crippen LogP contribution < -0.4 is 10.2 Å². The van der Waals surface area contributed by atoms with Gasteiger partial charge in [-0.25, -0.2) is 4.98 Å². The van der Waals surface area contributed by atoms with Crippen LogP contribution in [0.1, 0.15) is 32.6 Å². The number of anilines is 2. The van der Waals surface area contributed by atoms with E-state index in [0.717, 1.165) is 28.6 Å². The second kappa shape index (κ2) is 5.88. The summed E-state index contributed by atoms with van der Waals surface area (Å²) in [7, 11) is 4.06. The number of rotatable bonds is 3. The number of benzene rings is 1. The first-order valence-electron chi connectivity index (χ1n) is 7.84. The highest BCUT2D eigenvalue weighted by Gasteiger charge is 2.19. The number of aromatic nitrogens is 2. The maximum atomic E-state index is 4.72. The van der Waals surface area contributed by atoms with Crippen LogP contribution in [0.4, 0.5) is 11.8 Å². The fourth-order valence-corrected chi connectivity index (χ4v) is 3.05. The summed E-state index contributed by atoms with van der Waals surface area (Å²) in [5, 5.41) is 4.64.